The first-order valence-corrected chi connectivity index (χ1v) is 7.63. The van der Waals surface area contributed by atoms with Crippen LogP contribution in [0.25, 0.3) is 0 Å². The van der Waals surface area contributed by atoms with Crippen molar-refractivity contribution in [2.75, 3.05) is 13.1 Å². The van der Waals surface area contributed by atoms with E-state index in [9.17, 15) is 0 Å². The van der Waals surface area contributed by atoms with Crippen molar-refractivity contribution in [1.29, 1.82) is 0 Å². The van der Waals surface area contributed by atoms with Crippen molar-refractivity contribution >= 4 is 15.9 Å². The van der Waals surface area contributed by atoms with Crippen molar-refractivity contribution in [2.24, 2.45) is 7.05 Å². The van der Waals surface area contributed by atoms with Gasteiger partial charge < -0.3 is 5.32 Å². The second kappa shape index (κ2) is 5.26. The summed E-state index contributed by atoms with van der Waals surface area (Å²) in [5, 5.41) is 16.3. The molecular formula is C14H18BrN5. The third-order valence-electron chi connectivity index (χ3n) is 4.11. The summed E-state index contributed by atoms with van der Waals surface area (Å²) < 4.78 is 1.10. The summed E-state index contributed by atoms with van der Waals surface area (Å²) in [6.45, 7) is 4.11. The van der Waals surface area contributed by atoms with Crippen molar-refractivity contribution in [1.82, 2.24) is 25.5 Å². The van der Waals surface area contributed by atoms with Gasteiger partial charge in [-0.3, -0.25) is 0 Å². The van der Waals surface area contributed by atoms with Crippen LogP contribution in [0.2, 0.25) is 0 Å². The number of piperidine rings is 1. The van der Waals surface area contributed by atoms with Gasteiger partial charge in [0.15, 0.2) is 5.82 Å². The number of nitrogens with one attached hydrogen (secondary N) is 1. The number of benzene rings is 1. The van der Waals surface area contributed by atoms with Crippen LogP contribution in [0, 0.1) is 6.92 Å². The molecule has 0 spiro atoms. The van der Waals surface area contributed by atoms with Gasteiger partial charge in [0.2, 0.25) is 0 Å². The molecule has 0 bridgehead atoms. The lowest BCUT2D eigenvalue weighted by Gasteiger charge is -2.36. The number of hydrogen-bond donors (Lipinski definition) is 1. The third kappa shape index (κ3) is 2.27. The maximum absolute atomic E-state index is 4.51. The van der Waals surface area contributed by atoms with E-state index in [0.717, 1.165) is 36.2 Å². The number of halogens is 1. The molecule has 5 nitrogen and oxygen atoms in total. The monoisotopic (exact) mass is 335 g/mol. The highest BCUT2D eigenvalue weighted by atomic mass is 79.9. The van der Waals surface area contributed by atoms with Crippen molar-refractivity contribution in [3.8, 4) is 0 Å². The molecule has 106 valence electrons. The molecular weight excluding hydrogens is 318 g/mol. The van der Waals surface area contributed by atoms with E-state index in [1.165, 1.54) is 11.1 Å². The predicted molar refractivity (Wildman–Crippen MR) is 80.6 cm³/mol. The molecule has 0 unspecified atom stereocenters. The molecule has 6 heteroatoms. The fourth-order valence-electron chi connectivity index (χ4n) is 3.05. The Balaban J connectivity index is 2.17. The van der Waals surface area contributed by atoms with Crippen molar-refractivity contribution in [3.63, 3.8) is 0 Å². The second-order valence-electron chi connectivity index (χ2n) is 5.39. The van der Waals surface area contributed by atoms with Crippen LogP contribution in [0.3, 0.4) is 0 Å². The maximum atomic E-state index is 4.51. The van der Waals surface area contributed by atoms with Crippen LogP contribution in [-0.4, -0.2) is 33.3 Å². The number of rotatable bonds is 2. The number of hydrogen-bond acceptors (Lipinski definition) is 4. The van der Waals surface area contributed by atoms with Gasteiger partial charge in [0.1, 0.15) is 0 Å². The zero-order chi connectivity index (χ0) is 14.2. The Bertz CT molecular complexity index is 616. The zero-order valence-electron chi connectivity index (χ0n) is 11.7. The molecule has 1 fully saturated rings. The zero-order valence-corrected chi connectivity index (χ0v) is 13.3. The number of aryl methyl sites for hydroxylation is 2. The van der Waals surface area contributed by atoms with Crippen LogP contribution in [0.1, 0.15) is 29.8 Å². The fraction of sp³-hybridized carbons (Fsp3) is 0.500. The summed E-state index contributed by atoms with van der Waals surface area (Å²) in [6, 6.07) is 6.44. The summed E-state index contributed by atoms with van der Waals surface area (Å²) >= 11 is 3.59. The molecule has 0 aliphatic carbocycles. The van der Waals surface area contributed by atoms with Crippen LogP contribution >= 0.6 is 15.9 Å². The molecule has 0 atom stereocenters. The lowest BCUT2D eigenvalue weighted by molar-refractivity contribution is 0.343. The molecule has 1 aromatic carbocycles. The first-order valence-electron chi connectivity index (χ1n) is 6.84. The molecule has 2 aromatic rings. The van der Waals surface area contributed by atoms with Crippen LogP contribution < -0.4 is 5.32 Å². The standard InChI is InChI=1S/C14H18BrN5/c1-10-3-4-11(15)9-12(10)14(5-7-16-8-6-14)13-17-19-20(2)18-13/h3-4,9,16H,5-8H2,1-2H3. The van der Waals surface area contributed by atoms with E-state index in [1.54, 1.807) is 4.80 Å². The van der Waals surface area contributed by atoms with Gasteiger partial charge >= 0.3 is 0 Å². The topological polar surface area (TPSA) is 55.6 Å². The first kappa shape index (κ1) is 13.7. The summed E-state index contributed by atoms with van der Waals surface area (Å²) in [7, 11) is 1.82. The van der Waals surface area contributed by atoms with Gasteiger partial charge in [0.05, 0.1) is 12.5 Å². The lowest BCUT2D eigenvalue weighted by atomic mass is 9.71. The van der Waals surface area contributed by atoms with Gasteiger partial charge in [-0.25, -0.2) is 0 Å². The number of aromatic nitrogens is 4. The highest BCUT2D eigenvalue weighted by Crippen LogP contribution is 2.40. The minimum absolute atomic E-state index is 0.132. The van der Waals surface area contributed by atoms with Gasteiger partial charge in [-0.05, 0) is 61.3 Å². The Labute approximate surface area is 126 Å². The Morgan fingerprint density at radius 2 is 2.05 bits per heavy atom. The summed E-state index contributed by atoms with van der Waals surface area (Å²) in [5.41, 5.74) is 2.46. The largest absolute Gasteiger partial charge is 0.317 e. The van der Waals surface area contributed by atoms with E-state index >= 15 is 0 Å². The Kier molecular flexibility index (Phi) is 3.60. The van der Waals surface area contributed by atoms with Gasteiger partial charge in [-0.15, -0.1) is 10.2 Å². The van der Waals surface area contributed by atoms with Crippen molar-refractivity contribution < 1.29 is 0 Å². The predicted octanol–water partition coefficient (Wildman–Crippen LogP) is 1.95. The summed E-state index contributed by atoms with van der Waals surface area (Å²) in [6.07, 6.45) is 1.99. The van der Waals surface area contributed by atoms with Crippen LogP contribution in [0.15, 0.2) is 22.7 Å². The normalized spacial score (nSPS) is 18.1. The number of nitrogens with zero attached hydrogens (tertiary/aromatic N) is 4. The molecule has 1 aliphatic heterocycles. The molecule has 1 N–H and O–H groups in total. The SMILES string of the molecule is Cc1ccc(Br)cc1C1(c2nnn(C)n2)CCNCC1. The smallest absolute Gasteiger partial charge is 0.185 e. The highest BCUT2D eigenvalue weighted by molar-refractivity contribution is 9.10. The molecule has 0 saturated carbocycles. The van der Waals surface area contributed by atoms with Gasteiger partial charge in [-0.2, -0.15) is 4.80 Å². The lowest BCUT2D eigenvalue weighted by Crippen LogP contribution is -2.42. The molecule has 2 heterocycles. The molecule has 3 rings (SSSR count). The van der Waals surface area contributed by atoms with Crippen LogP contribution in [0.4, 0.5) is 0 Å². The Morgan fingerprint density at radius 3 is 2.70 bits per heavy atom. The van der Waals surface area contributed by atoms with Crippen molar-refractivity contribution in [2.45, 2.75) is 25.2 Å². The third-order valence-corrected chi connectivity index (χ3v) is 4.60. The summed E-state index contributed by atoms with van der Waals surface area (Å²) in [5.74, 6) is 0.836. The molecule has 1 aliphatic rings. The van der Waals surface area contributed by atoms with Gasteiger partial charge in [0, 0.05) is 4.47 Å². The quantitative estimate of drug-likeness (QED) is 0.911. The molecule has 1 aromatic heterocycles. The first-order chi connectivity index (χ1) is 9.62. The average Bonchev–Trinajstić information content (AvgIpc) is 2.89. The highest BCUT2D eigenvalue weighted by Gasteiger charge is 2.40. The van der Waals surface area contributed by atoms with E-state index in [0.29, 0.717) is 0 Å². The molecule has 0 amide bonds. The molecule has 1 saturated heterocycles. The van der Waals surface area contributed by atoms with E-state index in [4.69, 9.17) is 0 Å². The summed E-state index contributed by atoms with van der Waals surface area (Å²) in [4.78, 5) is 1.55. The van der Waals surface area contributed by atoms with E-state index in [1.807, 2.05) is 7.05 Å². The number of tetrazole rings is 1. The fourth-order valence-corrected chi connectivity index (χ4v) is 3.41. The van der Waals surface area contributed by atoms with E-state index in [2.05, 4.69) is 61.8 Å². The second-order valence-corrected chi connectivity index (χ2v) is 6.31. The Morgan fingerprint density at radius 1 is 1.30 bits per heavy atom. The Hall–Kier alpha value is -1.27. The van der Waals surface area contributed by atoms with Crippen LogP contribution in [-0.2, 0) is 12.5 Å². The van der Waals surface area contributed by atoms with E-state index in [-0.39, 0.29) is 5.41 Å². The minimum Gasteiger partial charge on any atom is -0.317 e. The molecule has 0 radical (unpaired) electrons. The van der Waals surface area contributed by atoms with Gasteiger partial charge in [0.25, 0.3) is 0 Å². The van der Waals surface area contributed by atoms with Crippen molar-refractivity contribution in [3.05, 3.63) is 39.6 Å². The molecule has 20 heavy (non-hydrogen) atoms. The maximum Gasteiger partial charge on any atom is 0.185 e. The minimum atomic E-state index is -0.132. The van der Waals surface area contributed by atoms with Gasteiger partial charge in [-0.1, -0.05) is 22.0 Å². The average molecular weight is 336 g/mol. The van der Waals surface area contributed by atoms with Crippen LogP contribution in [0.5, 0.6) is 0 Å². The van der Waals surface area contributed by atoms with E-state index < -0.39 is 0 Å².